The molecule has 0 fully saturated rings. The van der Waals surface area contributed by atoms with Gasteiger partial charge in [-0.1, -0.05) is 11.2 Å². The van der Waals surface area contributed by atoms with Crippen LogP contribution in [0.5, 0.6) is 5.75 Å². The summed E-state index contributed by atoms with van der Waals surface area (Å²) in [5.41, 5.74) is 0.452. The van der Waals surface area contributed by atoms with Crippen molar-refractivity contribution in [2.24, 2.45) is 0 Å². The lowest BCUT2D eigenvalue weighted by molar-refractivity contribution is -0.153. The average molecular weight is 343 g/mol. The van der Waals surface area contributed by atoms with Crippen molar-refractivity contribution in [3.63, 3.8) is 0 Å². The number of hydrogen-bond acceptors (Lipinski definition) is 5. The van der Waals surface area contributed by atoms with E-state index >= 15 is 0 Å². The molecule has 0 aliphatic carbocycles. The average Bonchev–Trinajstić information content (AvgIpc) is 2.90. The van der Waals surface area contributed by atoms with Crippen LogP contribution in [-0.4, -0.2) is 29.9 Å². The van der Waals surface area contributed by atoms with E-state index in [2.05, 4.69) is 20.5 Å². The van der Waals surface area contributed by atoms with Crippen molar-refractivity contribution < 1.29 is 27.2 Å². The van der Waals surface area contributed by atoms with Crippen molar-refractivity contribution in [3.8, 4) is 5.75 Å². The monoisotopic (exact) mass is 343 g/mol. The zero-order chi connectivity index (χ0) is 17.7. The molecule has 0 aliphatic rings. The molecule has 0 bridgehead atoms. The Balaban J connectivity index is 1.93. The number of halogens is 3. The number of amides is 1. The standard InChI is InChI=1S/C15H16F3N3O3/c1-9-6-13(21-24-9)20-14(22)10(2)19-11-4-3-5-12(7-11)23-8-15(16,17)18/h3-7,10,19H,8H2,1-2H3,(H,20,21,22)/t10-/m0/s1. The van der Waals surface area contributed by atoms with Gasteiger partial charge in [0.2, 0.25) is 5.91 Å². The lowest BCUT2D eigenvalue weighted by Crippen LogP contribution is -2.32. The number of aryl methyl sites for hydroxylation is 1. The Morgan fingerprint density at radius 3 is 2.75 bits per heavy atom. The minimum atomic E-state index is -4.41. The maximum absolute atomic E-state index is 12.2. The zero-order valence-electron chi connectivity index (χ0n) is 13.0. The third-order valence-corrected chi connectivity index (χ3v) is 2.89. The molecule has 1 aromatic carbocycles. The number of nitrogens with zero attached hydrogens (tertiary/aromatic N) is 1. The molecule has 9 heteroatoms. The summed E-state index contributed by atoms with van der Waals surface area (Å²) in [7, 11) is 0. The molecule has 2 rings (SSSR count). The van der Waals surface area contributed by atoms with E-state index in [1.165, 1.54) is 18.2 Å². The Hall–Kier alpha value is -2.71. The first-order valence-electron chi connectivity index (χ1n) is 7.03. The van der Waals surface area contributed by atoms with Gasteiger partial charge in [0, 0.05) is 17.8 Å². The smallest absolute Gasteiger partial charge is 0.422 e. The fourth-order valence-electron chi connectivity index (χ4n) is 1.82. The topological polar surface area (TPSA) is 76.4 Å². The van der Waals surface area contributed by atoms with Crippen LogP contribution in [0, 0.1) is 6.92 Å². The second-order valence-corrected chi connectivity index (χ2v) is 5.11. The molecular weight excluding hydrogens is 327 g/mol. The van der Waals surface area contributed by atoms with Gasteiger partial charge >= 0.3 is 6.18 Å². The Labute approximate surface area is 136 Å². The molecule has 130 valence electrons. The number of aromatic nitrogens is 1. The van der Waals surface area contributed by atoms with Crippen LogP contribution in [0.1, 0.15) is 12.7 Å². The van der Waals surface area contributed by atoms with Crippen molar-refractivity contribution in [2.45, 2.75) is 26.1 Å². The van der Waals surface area contributed by atoms with Gasteiger partial charge in [-0.15, -0.1) is 0 Å². The first-order valence-corrected chi connectivity index (χ1v) is 7.03. The molecule has 0 unspecified atom stereocenters. The van der Waals surface area contributed by atoms with Crippen LogP contribution < -0.4 is 15.4 Å². The number of nitrogens with one attached hydrogen (secondary N) is 2. The molecule has 6 nitrogen and oxygen atoms in total. The Kier molecular flexibility index (Phi) is 5.32. The summed E-state index contributed by atoms with van der Waals surface area (Å²) in [5.74, 6) is 0.524. The van der Waals surface area contributed by atoms with Gasteiger partial charge in [-0.3, -0.25) is 4.79 Å². The Bertz CT molecular complexity index is 701. The van der Waals surface area contributed by atoms with Crippen LogP contribution in [0.3, 0.4) is 0 Å². The largest absolute Gasteiger partial charge is 0.484 e. The molecule has 0 radical (unpaired) electrons. The van der Waals surface area contributed by atoms with Crippen LogP contribution >= 0.6 is 0 Å². The van der Waals surface area contributed by atoms with Gasteiger partial charge < -0.3 is 19.9 Å². The molecule has 1 amide bonds. The van der Waals surface area contributed by atoms with E-state index in [9.17, 15) is 18.0 Å². The predicted octanol–water partition coefficient (Wildman–Crippen LogP) is 3.36. The normalized spacial score (nSPS) is 12.5. The van der Waals surface area contributed by atoms with Gasteiger partial charge in [0.1, 0.15) is 17.6 Å². The lowest BCUT2D eigenvalue weighted by atomic mass is 10.2. The number of alkyl halides is 3. The van der Waals surface area contributed by atoms with Gasteiger partial charge in [0.25, 0.3) is 0 Å². The van der Waals surface area contributed by atoms with Crippen molar-refractivity contribution in [3.05, 3.63) is 36.1 Å². The highest BCUT2D eigenvalue weighted by Crippen LogP contribution is 2.22. The summed E-state index contributed by atoms with van der Waals surface area (Å²) in [6.07, 6.45) is -4.41. The molecule has 0 saturated heterocycles. The molecule has 1 aromatic heterocycles. The van der Waals surface area contributed by atoms with Crippen LogP contribution in [0.25, 0.3) is 0 Å². The van der Waals surface area contributed by atoms with E-state index in [4.69, 9.17) is 4.52 Å². The second-order valence-electron chi connectivity index (χ2n) is 5.11. The summed E-state index contributed by atoms with van der Waals surface area (Å²) < 4.78 is 46.0. The summed E-state index contributed by atoms with van der Waals surface area (Å²) in [4.78, 5) is 12.0. The highest BCUT2D eigenvalue weighted by molar-refractivity contribution is 5.95. The Morgan fingerprint density at radius 1 is 1.38 bits per heavy atom. The maximum atomic E-state index is 12.2. The maximum Gasteiger partial charge on any atom is 0.422 e. The first kappa shape index (κ1) is 17.6. The van der Waals surface area contributed by atoms with Gasteiger partial charge in [0.05, 0.1) is 0 Å². The first-order chi connectivity index (χ1) is 11.2. The molecule has 24 heavy (non-hydrogen) atoms. The van der Waals surface area contributed by atoms with Gasteiger partial charge in [-0.25, -0.2) is 0 Å². The lowest BCUT2D eigenvalue weighted by Gasteiger charge is -2.15. The molecule has 1 heterocycles. The van der Waals surface area contributed by atoms with E-state index < -0.39 is 18.8 Å². The molecule has 0 aliphatic heterocycles. The van der Waals surface area contributed by atoms with E-state index in [0.29, 0.717) is 11.4 Å². The summed E-state index contributed by atoms with van der Waals surface area (Å²) >= 11 is 0. The zero-order valence-corrected chi connectivity index (χ0v) is 13.0. The highest BCUT2D eigenvalue weighted by atomic mass is 19.4. The highest BCUT2D eigenvalue weighted by Gasteiger charge is 2.28. The SMILES string of the molecule is Cc1cc(NC(=O)[C@H](C)Nc2cccc(OCC(F)(F)F)c2)no1. The van der Waals surface area contributed by atoms with Crippen LogP contribution in [-0.2, 0) is 4.79 Å². The molecule has 2 N–H and O–H groups in total. The van der Waals surface area contributed by atoms with E-state index in [1.54, 1.807) is 26.0 Å². The Morgan fingerprint density at radius 2 is 2.12 bits per heavy atom. The van der Waals surface area contributed by atoms with Crippen molar-refractivity contribution >= 4 is 17.4 Å². The summed E-state index contributed by atoms with van der Waals surface area (Å²) in [5, 5.41) is 9.08. The number of carbonyl (C=O) groups is 1. The van der Waals surface area contributed by atoms with Gasteiger partial charge in [-0.2, -0.15) is 13.2 Å². The third kappa shape index (κ3) is 5.49. The minimum Gasteiger partial charge on any atom is -0.484 e. The molecule has 0 saturated carbocycles. The van der Waals surface area contributed by atoms with Gasteiger partial charge in [-0.05, 0) is 26.0 Å². The summed E-state index contributed by atoms with van der Waals surface area (Å²) in [6, 6.07) is 6.84. The number of carbonyl (C=O) groups excluding carboxylic acids is 1. The fourth-order valence-corrected chi connectivity index (χ4v) is 1.82. The van der Waals surface area contributed by atoms with Crippen LogP contribution in [0.4, 0.5) is 24.7 Å². The number of rotatable bonds is 6. The van der Waals surface area contributed by atoms with E-state index in [0.717, 1.165) is 0 Å². The van der Waals surface area contributed by atoms with Crippen molar-refractivity contribution in [1.29, 1.82) is 0 Å². The summed E-state index contributed by atoms with van der Waals surface area (Å²) in [6.45, 7) is 1.92. The molecule has 2 aromatic rings. The number of hydrogen-bond donors (Lipinski definition) is 2. The molecule has 0 spiro atoms. The number of anilines is 2. The minimum absolute atomic E-state index is 0.0528. The van der Waals surface area contributed by atoms with Gasteiger partial charge in [0.15, 0.2) is 12.4 Å². The van der Waals surface area contributed by atoms with Crippen LogP contribution in [0.15, 0.2) is 34.9 Å². The van der Waals surface area contributed by atoms with E-state index in [1.807, 2.05) is 0 Å². The van der Waals surface area contributed by atoms with Crippen molar-refractivity contribution in [2.75, 3.05) is 17.2 Å². The quantitative estimate of drug-likeness (QED) is 0.841. The molecular formula is C15H16F3N3O3. The van der Waals surface area contributed by atoms with Crippen LogP contribution in [0.2, 0.25) is 0 Å². The van der Waals surface area contributed by atoms with E-state index in [-0.39, 0.29) is 17.5 Å². The number of ether oxygens (including phenoxy) is 1. The van der Waals surface area contributed by atoms with Crippen molar-refractivity contribution in [1.82, 2.24) is 5.16 Å². The number of benzene rings is 1. The molecule has 1 atom stereocenters. The second kappa shape index (κ2) is 7.24. The predicted molar refractivity (Wildman–Crippen MR) is 80.9 cm³/mol. The third-order valence-electron chi connectivity index (χ3n) is 2.89. The fraction of sp³-hybridized carbons (Fsp3) is 0.333.